The van der Waals surface area contributed by atoms with Gasteiger partial charge in [-0.05, 0) is 19.1 Å². The number of anilines is 1. The van der Waals surface area contributed by atoms with E-state index in [1.807, 2.05) is 0 Å². The molecule has 8 heteroatoms. The van der Waals surface area contributed by atoms with Gasteiger partial charge in [0, 0.05) is 6.07 Å². The maximum atomic E-state index is 11.2. The molecule has 1 aromatic carbocycles. The number of ether oxygens (including phenoxy) is 3. The highest BCUT2D eigenvalue weighted by molar-refractivity contribution is 7.92. The SMILES string of the molecule is CCOC(=O)COc1ccc(NS(C)(=O)=O)cc1OC. The zero-order valence-corrected chi connectivity index (χ0v) is 12.3. The minimum absolute atomic E-state index is 0.247. The lowest BCUT2D eigenvalue weighted by molar-refractivity contribution is -0.145. The topological polar surface area (TPSA) is 90.9 Å². The fraction of sp³-hybridized carbons (Fsp3) is 0.417. The minimum Gasteiger partial charge on any atom is -0.493 e. The molecule has 0 aliphatic heterocycles. The van der Waals surface area contributed by atoms with Crippen molar-refractivity contribution in [2.75, 3.05) is 31.3 Å². The first-order valence-electron chi connectivity index (χ1n) is 5.80. The standard InChI is InChI=1S/C12H17NO6S/c1-4-18-12(14)8-19-10-6-5-9(7-11(10)17-2)13-20(3,15)16/h5-7,13H,4,8H2,1-3H3. The summed E-state index contributed by atoms with van der Waals surface area (Å²) in [5.74, 6) is 0.135. The molecule has 0 amide bonds. The van der Waals surface area contributed by atoms with Crippen LogP contribution >= 0.6 is 0 Å². The van der Waals surface area contributed by atoms with Crippen molar-refractivity contribution in [3.63, 3.8) is 0 Å². The highest BCUT2D eigenvalue weighted by Gasteiger charge is 2.10. The van der Waals surface area contributed by atoms with E-state index in [9.17, 15) is 13.2 Å². The van der Waals surface area contributed by atoms with Crippen molar-refractivity contribution in [2.24, 2.45) is 0 Å². The third-order valence-electron chi connectivity index (χ3n) is 2.12. The zero-order chi connectivity index (χ0) is 15.2. The van der Waals surface area contributed by atoms with Crippen LogP contribution in [0.1, 0.15) is 6.92 Å². The molecule has 0 spiro atoms. The van der Waals surface area contributed by atoms with E-state index in [2.05, 4.69) is 4.72 Å². The molecule has 0 saturated carbocycles. The number of carbonyl (C=O) groups excluding carboxylic acids is 1. The summed E-state index contributed by atoms with van der Waals surface area (Å²) in [5.41, 5.74) is 0.341. The fourth-order valence-electron chi connectivity index (χ4n) is 1.40. The summed E-state index contributed by atoms with van der Waals surface area (Å²) in [4.78, 5) is 11.2. The summed E-state index contributed by atoms with van der Waals surface area (Å²) in [5, 5.41) is 0. The van der Waals surface area contributed by atoms with Crippen molar-refractivity contribution >= 4 is 21.7 Å². The number of benzene rings is 1. The monoisotopic (exact) mass is 303 g/mol. The number of nitrogens with one attached hydrogen (secondary N) is 1. The number of sulfonamides is 1. The van der Waals surface area contributed by atoms with Gasteiger partial charge >= 0.3 is 5.97 Å². The molecule has 0 atom stereocenters. The third kappa shape index (κ3) is 5.35. The highest BCUT2D eigenvalue weighted by atomic mass is 32.2. The molecule has 0 saturated heterocycles. The molecule has 7 nitrogen and oxygen atoms in total. The van der Waals surface area contributed by atoms with Gasteiger partial charge in [-0.2, -0.15) is 0 Å². The Morgan fingerprint density at radius 1 is 1.30 bits per heavy atom. The molecule has 1 rings (SSSR count). The second-order valence-corrected chi connectivity index (χ2v) is 5.58. The number of rotatable bonds is 7. The quantitative estimate of drug-likeness (QED) is 0.756. The Kier molecular flexibility index (Phi) is 5.63. The van der Waals surface area contributed by atoms with Crippen LogP contribution < -0.4 is 14.2 Å². The molecule has 0 aliphatic carbocycles. The molecule has 0 radical (unpaired) electrons. The van der Waals surface area contributed by atoms with Crippen LogP contribution in [0.4, 0.5) is 5.69 Å². The zero-order valence-electron chi connectivity index (χ0n) is 11.5. The molecule has 0 heterocycles. The van der Waals surface area contributed by atoms with Crippen LogP contribution in [0.25, 0.3) is 0 Å². The van der Waals surface area contributed by atoms with Crippen LogP contribution in [0.15, 0.2) is 18.2 Å². The molecule has 0 aliphatic rings. The van der Waals surface area contributed by atoms with E-state index in [-0.39, 0.29) is 13.2 Å². The van der Waals surface area contributed by atoms with E-state index >= 15 is 0 Å². The van der Waals surface area contributed by atoms with Crippen LogP contribution in [-0.4, -0.2) is 41.0 Å². The smallest absolute Gasteiger partial charge is 0.344 e. The normalized spacial score (nSPS) is 10.8. The maximum Gasteiger partial charge on any atom is 0.344 e. The predicted octanol–water partition coefficient (Wildman–Crippen LogP) is 1.01. The third-order valence-corrected chi connectivity index (χ3v) is 2.72. The van der Waals surface area contributed by atoms with Crippen LogP contribution in [0.5, 0.6) is 11.5 Å². The Bertz CT molecular complexity index is 569. The van der Waals surface area contributed by atoms with Gasteiger partial charge in [0.15, 0.2) is 18.1 Å². The predicted molar refractivity (Wildman–Crippen MR) is 73.6 cm³/mol. The van der Waals surface area contributed by atoms with Gasteiger partial charge in [0.05, 0.1) is 25.7 Å². The number of carbonyl (C=O) groups is 1. The Hall–Kier alpha value is -1.96. The van der Waals surface area contributed by atoms with Crippen molar-refractivity contribution in [1.82, 2.24) is 0 Å². The average molecular weight is 303 g/mol. The van der Waals surface area contributed by atoms with Crippen LogP contribution in [0.2, 0.25) is 0 Å². The van der Waals surface area contributed by atoms with E-state index in [0.717, 1.165) is 6.26 Å². The van der Waals surface area contributed by atoms with Crippen molar-refractivity contribution in [3.8, 4) is 11.5 Å². The highest BCUT2D eigenvalue weighted by Crippen LogP contribution is 2.30. The van der Waals surface area contributed by atoms with Gasteiger partial charge in [-0.25, -0.2) is 13.2 Å². The second kappa shape index (κ2) is 6.99. The average Bonchev–Trinajstić information content (AvgIpc) is 2.35. The van der Waals surface area contributed by atoms with Gasteiger partial charge in [0.2, 0.25) is 10.0 Å². The number of hydrogen-bond donors (Lipinski definition) is 1. The Morgan fingerprint density at radius 3 is 2.55 bits per heavy atom. The van der Waals surface area contributed by atoms with Gasteiger partial charge in [0.1, 0.15) is 0 Å². The molecule has 0 fully saturated rings. The summed E-state index contributed by atoms with van der Waals surface area (Å²) < 4.78 is 39.6. The number of hydrogen-bond acceptors (Lipinski definition) is 6. The van der Waals surface area contributed by atoms with Gasteiger partial charge < -0.3 is 14.2 Å². The lowest BCUT2D eigenvalue weighted by atomic mass is 10.3. The van der Waals surface area contributed by atoms with Crippen LogP contribution in [0, 0.1) is 0 Å². The Labute approximate surface area is 117 Å². The van der Waals surface area contributed by atoms with E-state index in [0.29, 0.717) is 17.2 Å². The van der Waals surface area contributed by atoms with E-state index in [4.69, 9.17) is 14.2 Å². The van der Waals surface area contributed by atoms with Crippen molar-refractivity contribution in [1.29, 1.82) is 0 Å². The van der Waals surface area contributed by atoms with Crippen LogP contribution in [-0.2, 0) is 19.6 Å². The summed E-state index contributed by atoms with van der Waals surface area (Å²) in [6, 6.07) is 4.47. The maximum absolute atomic E-state index is 11.2. The minimum atomic E-state index is -3.37. The molecule has 0 aromatic heterocycles. The van der Waals surface area contributed by atoms with E-state index in [1.54, 1.807) is 6.92 Å². The molecule has 20 heavy (non-hydrogen) atoms. The van der Waals surface area contributed by atoms with E-state index in [1.165, 1.54) is 25.3 Å². The van der Waals surface area contributed by atoms with Crippen molar-refractivity contribution in [3.05, 3.63) is 18.2 Å². The van der Waals surface area contributed by atoms with Gasteiger partial charge in [0.25, 0.3) is 0 Å². The summed E-state index contributed by atoms with van der Waals surface area (Å²) >= 11 is 0. The van der Waals surface area contributed by atoms with Gasteiger partial charge in [-0.1, -0.05) is 0 Å². The Balaban J connectivity index is 2.80. The number of methoxy groups -OCH3 is 1. The van der Waals surface area contributed by atoms with E-state index < -0.39 is 16.0 Å². The lowest BCUT2D eigenvalue weighted by Crippen LogP contribution is -2.15. The first-order chi connectivity index (χ1) is 9.35. The molecule has 112 valence electrons. The van der Waals surface area contributed by atoms with Gasteiger partial charge in [-0.3, -0.25) is 4.72 Å². The largest absolute Gasteiger partial charge is 0.493 e. The van der Waals surface area contributed by atoms with Gasteiger partial charge in [-0.15, -0.1) is 0 Å². The summed E-state index contributed by atoms with van der Waals surface area (Å²) in [6.07, 6.45) is 1.05. The first kappa shape index (κ1) is 16.1. The molecule has 1 aromatic rings. The molecule has 0 unspecified atom stereocenters. The molecular weight excluding hydrogens is 286 g/mol. The molecule has 0 bridgehead atoms. The summed E-state index contributed by atoms with van der Waals surface area (Å²) in [7, 11) is -1.96. The van der Waals surface area contributed by atoms with Crippen molar-refractivity contribution in [2.45, 2.75) is 6.92 Å². The second-order valence-electron chi connectivity index (χ2n) is 3.83. The fourth-order valence-corrected chi connectivity index (χ4v) is 1.96. The lowest BCUT2D eigenvalue weighted by Gasteiger charge is -2.12. The molecule has 1 N–H and O–H groups in total. The Morgan fingerprint density at radius 2 is 2.00 bits per heavy atom. The van der Waals surface area contributed by atoms with Crippen LogP contribution in [0.3, 0.4) is 0 Å². The number of esters is 1. The molecular formula is C12H17NO6S. The van der Waals surface area contributed by atoms with Crippen molar-refractivity contribution < 1.29 is 27.4 Å². The summed E-state index contributed by atoms with van der Waals surface area (Å²) in [6.45, 7) is 1.73. The first-order valence-corrected chi connectivity index (χ1v) is 7.69.